The van der Waals surface area contributed by atoms with Gasteiger partial charge in [0.1, 0.15) is 10.8 Å². The number of anilines is 3. The standard InChI is InChI=1S/C17H18BrFN6O3/c18-14-2-1-10(20)15(24-14)16(26)22-11-7-21-5-3-13(11)25-6-4-9(19)12(8-25)23-17(27)28/h1-3,5,7,9,12,23H,4,6,8,20H2,(H,22,26)(H,27,28). The van der Waals surface area contributed by atoms with Crippen molar-refractivity contribution in [1.29, 1.82) is 0 Å². The van der Waals surface area contributed by atoms with E-state index in [-0.39, 0.29) is 24.3 Å². The third kappa shape index (κ3) is 4.47. The molecule has 1 aliphatic heterocycles. The summed E-state index contributed by atoms with van der Waals surface area (Å²) >= 11 is 3.20. The number of nitrogens with two attached hydrogens (primary N) is 1. The van der Waals surface area contributed by atoms with Crippen LogP contribution < -0.4 is 21.3 Å². The second kappa shape index (κ2) is 8.38. The lowest BCUT2D eigenvalue weighted by Gasteiger charge is -2.37. The molecule has 0 aliphatic carbocycles. The van der Waals surface area contributed by atoms with Crippen LogP contribution in [0.5, 0.6) is 0 Å². The molecule has 28 heavy (non-hydrogen) atoms. The van der Waals surface area contributed by atoms with Crippen LogP contribution in [0.4, 0.5) is 26.2 Å². The molecule has 2 aromatic heterocycles. The molecular formula is C17H18BrFN6O3. The molecule has 1 aliphatic rings. The Labute approximate surface area is 168 Å². The largest absolute Gasteiger partial charge is 0.465 e. The molecule has 5 N–H and O–H groups in total. The number of amides is 2. The van der Waals surface area contributed by atoms with Crippen molar-refractivity contribution in [2.75, 3.05) is 29.0 Å². The summed E-state index contributed by atoms with van der Waals surface area (Å²) in [7, 11) is 0. The summed E-state index contributed by atoms with van der Waals surface area (Å²) in [6.45, 7) is 0.487. The highest BCUT2D eigenvalue weighted by Gasteiger charge is 2.31. The number of rotatable bonds is 4. The van der Waals surface area contributed by atoms with Crippen LogP contribution in [0.2, 0.25) is 0 Å². The summed E-state index contributed by atoms with van der Waals surface area (Å²) in [5.74, 6) is -0.520. The lowest BCUT2D eigenvalue weighted by atomic mass is 10.0. The van der Waals surface area contributed by atoms with Gasteiger partial charge < -0.3 is 26.4 Å². The van der Waals surface area contributed by atoms with Crippen LogP contribution in [0.25, 0.3) is 0 Å². The molecule has 2 atom stereocenters. The number of alkyl halides is 1. The molecule has 3 rings (SSSR count). The third-order valence-electron chi connectivity index (χ3n) is 4.33. The van der Waals surface area contributed by atoms with Gasteiger partial charge in [0.25, 0.3) is 5.91 Å². The molecule has 3 heterocycles. The summed E-state index contributed by atoms with van der Waals surface area (Å²) < 4.78 is 14.5. The highest BCUT2D eigenvalue weighted by molar-refractivity contribution is 9.10. The predicted octanol–water partition coefficient (Wildman–Crippen LogP) is 2.26. The van der Waals surface area contributed by atoms with Crippen LogP contribution in [0.15, 0.2) is 35.2 Å². The first-order valence-corrected chi connectivity index (χ1v) is 9.20. The van der Waals surface area contributed by atoms with Gasteiger partial charge in [0, 0.05) is 19.3 Å². The van der Waals surface area contributed by atoms with Crippen LogP contribution in [-0.2, 0) is 0 Å². The van der Waals surface area contributed by atoms with Crippen molar-refractivity contribution in [3.8, 4) is 0 Å². The Kier molecular flexibility index (Phi) is 5.93. The number of carboxylic acid groups (broad SMARTS) is 1. The highest BCUT2D eigenvalue weighted by Crippen LogP contribution is 2.29. The molecule has 0 saturated carbocycles. The zero-order valence-corrected chi connectivity index (χ0v) is 16.2. The molecule has 0 aromatic carbocycles. The average Bonchev–Trinajstić information content (AvgIpc) is 2.65. The van der Waals surface area contributed by atoms with Gasteiger partial charge in [0.05, 0.1) is 29.3 Å². The first-order valence-electron chi connectivity index (χ1n) is 8.41. The Balaban J connectivity index is 1.82. The number of hydrogen-bond acceptors (Lipinski definition) is 6. The van der Waals surface area contributed by atoms with E-state index < -0.39 is 24.2 Å². The van der Waals surface area contributed by atoms with E-state index >= 15 is 0 Å². The Bertz CT molecular complexity index is 899. The maximum atomic E-state index is 14.1. The lowest BCUT2D eigenvalue weighted by Crippen LogP contribution is -2.53. The van der Waals surface area contributed by atoms with E-state index in [2.05, 4.69) is 36.5 Å². The second-order valence-corrected chi connectivity index (χ2v) is 7.04. The van der Waals surface area contributed by atoms with Crippen LogP contribution in [-0.4, -0.2) is 52.4 Å². The third-order valence-corrected chi connectivity index (χ3v) is 4.77. The predicted molar refractivity (Wildman–Crippen MR) is 105 cm³/mol. The van der Waals surface area contributed by atoms with E-state index in [4.69, 9.17) is 10.8 Å². The fourth-order valence-electron chi connectivity index (χ4n) is 3.01. The number of carbonyl (C=O) groups is 2. The lowest BCUT2D eigenvalue weighted by molar-refractivity contribution is 0.102. The van der Waals surface area contributed by atoms with Crippen LogP contribution in [0.3, 0.4) is 0 Å². The van der Waals surface area contributed by atoms with Gasteiger partial charge in [-0.3, -0.25) is 9.78 Å². The summed E-state index contributed by atoms with van der Waals surface area (Å²) in [6.07, 6.45) is 0.591. The van der Waals surface area contributed by atoms with Gasteiger partial charge in [0.2, 0.25) is 0 Å². The molecule has 11 heteroatoms. The number of piperidine rings is 1. The summed E-state index contributed by atoms with van der Waals surface area (Å²) in [5, 5.41) is 13.8. The van der Waals surface area contributed by atoms with Crippen LogP contribution >= 0.6 is 15.9 Å². The van der Waals surface area contributed by atoms with Gasteiger partial charge in [-0.25, -0.2) is 14.2 Å². The number of hydrogen-bond donors (Lipinski definition) is 4. The van der Waals surface area contributed by atoms with Crippen molar-refractivity contribution < 1.29 is 19.1 Å². The van der Waals surface area contributed by atoms with Crippen molar-refractivity contribution in [2.45, 2.75) is 18.6 Å². The van der Waals surface area contributed by atoms with Gasteiger partial charge in [0.15, 0.2) is 5.69 Å². The molecule has 2 unspecified atom stereocenters. The number of nitrogens with one attached hydrogen (secondary N) is 2. The molecule has 2 amide bonds. The smallest absolute Gasteiger partial charge is 0.405 e. The normalized spacial score (nSPS) is 19.1. The summed E-state index contributed by atoms with van der Waals surface area (Å²) in [6, 6.07) is 3.98. The van der Waals surface area contributed by atoms with Gasteiger partial charge in [-0.1, -0.05) is 0 Å². The minimum Gasteiger partial charge on any atom is -0.465 e. The topological polar surface area (TPSA) is 133 Å². The van der Waals surface area contributed by atoms with E-state index in [9.17, 15) is 14.0 Å². The Hall–Kier alpha value is -2.95. The number of nitrogens with zero attached hydrogens (tertiary/aromatic N) is 3. The fourth-order valence-corrected chi connectivity index (χ4v) is 3.32. The quantitative estimate of drug-likeness (QED) is 0.522. The number of aromatic nitrogens is 2. The van der Waals surface area contributed by atoms with Crippen molar-refractivity contribution in [2.24, 2.45) is 0 Å². The molecular weight excluding hydrogens is 435 g/mol. The molecule has 0 spiro atoms. The first-order chi connectivity index (χ1) is 13.3. The fraction of sp³-hybridized carbons (Fsp3) is 0.294. The van der Waals surface area contributed by atoms with Crippen LogP contribution in [0, 0.1) is 0 Å². The van der Waals surface area contributed by atoms with Gasteiger partial charge in [-0.05, 0) is 40.5 Å². The number of nitrogen functional groups attached to an aromatic ring is 1. The van der Waals surface area contributed by atoms with Gasteiger partial charge >= 0.3 is 6.09 Å². The van der Waals surface area contributed by atoms with E-state index in [0.29, 0.717) is 22.5 Å². The van der Waals surface area contributed by atoms with E-state index in [1.165, 1.54) is 12.4 Å². The molecule has 0 bridgehead atoms. The molecule has 9 nitrogen and oxygen atoms in total. The molecule has 1 saturated heterocycles. The van der Waals surface area contributed by atoms with Crippen molar-refractivity contribution in [3.63, 3.8) is 0 Å². The molecule has 2 aromatic rings. The highest BCUT2D eigenvalue weighted by atomic mass is 79.9. The van der Waals surface area contributed by atoms with Crippen molar-refractivity contribution in [1.82, 2.24) is 15.3 Å². The zero-order chi connectivity index (χ0) is 20.3. The maximum Gasteiger partial charge on any atom is 0.405 e. The van der Waals surface area contributed by atoms with Crippen molar-refractivity contribution >= 4 is 45.0 Å². The maximum absolute atomic E-state index is 14.1. The minimum absolute atomic E-state index is 0.0528. The molecule has 1 fully saturated rings. The second-order valence-electron chi connectivity index (χ2n) is 6.23. The number of halogens is 2. The summed E-state index contributed by atoms with van der Waals surface area (Å²) in [4.78, 5) is 33.4. The molecule has 0 radical (unpaired) electrons. The number of carbonyl (C=O) groups excluding carboxylic acids is 1. The zero-order valence-electron chi connectivity index (χ0n) is 14.6. The van der Waals surface area contributed by atoms with E-state index in [1.54, 1.807) is 23.1 Å². The van der Waals surface area contributed by atoms with E-state index in [0.717, 1.165) is 0 Å². The SMILES string of the molecule is Nc1ccc(Br)nc1C(=O)Nc1cnccc1N1CCC(F)C(NC(=O)O)C1. The summed E-state index contributed by atoms with van der Waals surface area (Å²) in [5.41, 5.74) is 7.09. The first kappa shape index (κ1) is 19.8. The molecule has 148 valence electrons. The minimum atomic E-state index is -1.28. The monoisotopic (exact) mass is 452 g/mol. The van der Waals surface area contributed by atoms with Gasteiger partial charge in [-0.2, -0.15) is 0 Å². The Morgan fingerprint density at radius 1 is 1.36 bits per heavy atom. The Morgan fingerprint density at radius 2 is 2.14 bits per heavy atom. The van der Waals surface area contributed by atoms with Gasteiger partial charge in [-0.15, -0.1) is 0 Å². The number of pyridine rings is 2. The van der Waals surface area contributed by atoms with E-state index in [1.807, 2.05) is 0 Å². The Morgan fingerprint density at radius 3 is 2.89 bits per heavy atom. The average molecular weight is 453 g/mol. The van der Waals surface area contributed by atoms with Crippen molar-refractivity contribution in [3.05, 3.63) is 40.9 Å². The van der Waals surface area contributed by atoms with Crippen LogP contribution in [0.1, 0.15) is 16.9 Å².